The van der Waals surface area contributed by atoms with E-state index in [0.29, 0.717) is 27.8 Å². The maximum absolute atomic E-state index is 6.31. The molecule has 1 aliphatic rings. The van der Waals surface area contributed by atoms with E-state index < -0.39 is 0 Å². The van der Waals surface area contributed by atoms with E-state index in [1.165, 1.54) is 32.1 Å². The van der Waals surface area contributed by atoms with Gasteiger partial charge in [0.2, 0.25) is 0 Å². The van der Waals surface area contributed by atoms with Crippen LogP contribution in [0.2, 0.25) is 10.0 Å². The third kappa shape index (κ3) is 4.40. The Bertz CT molecular complexity index is 465. The van der Waals surface area contributed by atoms with Crippen LogP contribution in [-0.4, -0.2) is 17.6 Å². The van der Waals surface area contributed by atoms with Crippen molar-refractivity contribution in [3.8, 4) is 0 Å². The van der Waals surface area contributed by atoms with Crippen molar-refractivity contribution >= 4 is 34.8 Å². The largest absolute Gasteiger partial charge is 0.369 e. The molecule has 0 bridgehead atoms. The van der Waals surface area contributed by atoms with Gasteiger partial charge in [-0.15, -0.1) is 0 Å². The molecular formula is C16H25Cl2N3. The highest BCUT2D eigenvalue weighted by Crippen LogP contribution is 2.33. The first-order chi connectivity index (χ1) is 10.2. The van der Waals surface area contributed by atoms with Crippen molar-refractivity contribution in [3.05, 3.63) is 16.1 Å². The summed E-state index contributed by atoms with van der Waals surface area (Å²) >= 11 is 12.5. The number of hydrogen-bond donors (Lipinski definition) is 2. The first-order valence-corrected chi connectivity index (χ1v) is 8.77. The van der Waals surface area contributed by atoms with Crippen LogP contribution in [0.4, 0.5) is 11.6 Å². The molecule has 1 aromatic rings. The van der Waals surface area contributed by atoms with E-state index >= 15 is 0 Å². The minimum absolute atomic E-state index is 0.467. The lowest BCUT2D eigenvalue weighted by Gasteiger charge is -2.32. The lowest BCUT2D eigenvalue weighted by Crippen LogP contribution is -2.32. The van der Waals surface area contributed by atoms with Crippen LogP contribution in [0.25, 0.3) is 0 Å². The number of hydrogen-bond acceptors (Lipinski definition) is 3. The fourth-order valence-corrected chi connectivity index (χ4v) is 3.48. The predicted molar refractivity (Wildman–Crippen MR) is 92.7 cm³/mol. The Labute approximate surface area is 137 Å². The van der Waals surface area contributed by atoms with E-state index in [4.69, 9.17) is 23.2 Å². The van der Waals surface area contributed by atoms with Gasteiger partial charge in [0.05, 0.1) is 10.0 Å². The third-order valence-electron chi connectivity index (χ3n) is 4.23. The Balaban J connectivity index is 2.14. The fraction of sp³-hybridized carbons (Fsp3) is 0.688. The number of halogens is 2. The van der Waals surface area contributed by atoms with Crippen molar-refractivity contribution in [2.75, 3.05) is 17.2 Å². The molecular weight excluding hydrogens is 305 g/mol. The van der Waals surface area contributed by atoms with E-state index in [-0.39, 0.29) is 0 Å². The molecule has 1 saturated carbocycles. The minimum Gasteiger partial charge on any atom is -0.369 e. The summed E-state index contributed by atoms with van der Waals surface area (Å²) in [6.07, 6.45) is 7.33. The van der Waals surface area contributed by atoms with Gasteiger partial charge in [0.15, 0.2) is 0 Å². The van der Waals surface area contributed by atoms with Crippen molar-refractivity contribution in [3.63, 3.8) is 0 Å². The molecule has 1 aromatic heterocycles. The zero-order valence-corrected chi connectivity index (χ0v) is 14.4. The highest BCUT2D eigenvalue weighted by Gasteiger charge is 2.24. The molecule has 0 aliphatic heterocycles. The second-order valence-electron chi connectivity index (χ2n) is 5.78. The van der Waals surface area contributed by atoms with Crippen molar-refractivity contribution in [2.45, 2.75) is 58.4 Å². The first kappa shape index (κ1) is 16.7. The molecule has 1 fully saturated rings. The molecule has 2 atom stereocenters. The molecule has 118 valence electrons. The highest BCUT2D eigenvalue weighted by atomic mass is 35.5. The van der Waals surface area contributed by atoms with Crippen LogP contribution in [0.15, 0.2) is 6.07 Å². The second kappa shape index (κ2) is 8.09. The molecule has 0 aromatic carbocycles. The van der Waals surface area contributed by atoms with E-state index in [2.05, 4.69) is 29.5 Å². The molecule has 5 heteroatoms. The number of anilines is 2. The monoisotopic (exact) mass is 329 g/mol. The fourth-order valence-electron chi connectivity index (χ4n) is 3.00. The molecule has 1 heterocycles. The Morgan fingerprint density at radius 3 is 2.57 bits per heavy atom. The summed E-state index contributed by atoms with van der Waals surface area (Å²) in [5.74, 6) is 2.18. The summed E-state index contributed by atoms with van der Waals surface area (Å²) in [4.78, 5) is 4.59. The summed E-state index contributed by atoms with van der Waals surface area (Å²) < 4.78 is 0. The van der Waals surface area contributed by atoms with Crippen LogP contribution in [0.3, 0.4) is 0 Å². The van der Waals surface area contributed by atoms with Crippen molar-refractivity contribution < 1.29 is 0 Å². The van der Waals surface area contributed by atoms with E-state index in [1.807, 2.05) is 0 Å². The Morgan fingerprint density at radius 1 is 1.14 bits per heavy atom. The summed E-state index contributed by atoms with van der Waals surface area (Å²) in [5, 5.41) is 7.98. The van der Waals surface area contributed by atoms with Gasteiger partial charge in [0.25, 0.3) is 0 Å². The van der Waals surface area contributed by atoms with Crippen molar-refractivity contribution in [1.29, 1.82) is 0 Å². The highest BCUT2D eigenvalue weighted by molar-refractivity contribution is 6.37. The second-order valence-corrected chi connectivity index (χ2v) is 6.59. The average molecular weight is 330 g/mol. The lowest BCUT2D eigenvalue weighted by molar-refractivity contribution is 0.317. The minimum atomic E-state index is 0.467. The van der Waals surface area contributed by atoms with Crippen LogP contribution in [0.5, 0.6) is 0 Å². The lowest BCUT2D eigenvalue weighted by atomic mass is 9.83. The molecule has 2 N–H and O–H groups in total. The van der Waals surface area contributed by atoms with Crippen LogP contribution < -0.4 is 10.6 Å². The van der Waals surface area contributed by atoms with E-state index in [0.717, 1.165) is 18.8 Å². The molecule has 0 spiro atoms. The van der Waals surface area contributed by atoms with Gasteiger partial charge in [-0.05, 0) is 31.2 Å². The third-order valence-corrected chi connectivity index (χ3v) is 4.80. The van der Waals surface area contributed by atoms with Crippen LogP contribution >= 0.6 is 23.2 Å². The molecule has 0 saturated heterocycles. The van der Waals surface area contributed by atoms with Gasteiger partial charge in [-0.2, -0.15) is 0 Å². The maximum atomic E-state index is 6.31. The molecule has 21 heavy (non-hydrogen) atoms. The summed E-state index contributed by atoms with van der Waals surface area (Å²) in [5.41, 5.74) is 0. The first-order valence-electron chi connectivity index (χ1n) is 8.02. The van der Waals surface area contributed by atoms with E-state index in [1.54, 1.807) is 6.07 Å². The predicted octanol–water partition coefficient (Wildman–Crippen LogP) is 5.59. The topological polar surface area (TPSA) is 37.0 Å². The number of nitrogens with zero attached hydrogens (tertiary/aromatic N) is 1. The Morgan fingerprint density at radius 2 is 1.86 bits per heavy atom. The van der Waals surface area contributed by atoms with Gasteiger partial charge in [-0.3, -0.25) is 0 Å². The van der Waals surface area contributed by atoms with Gasteiger partial charge in [-0.1, -0.05) is 56.3 Å². The van der Waals surface area contributed by atoms with Crippen molar-refractivity contribution in [2.24, 2.45) is 5.92 Å². The molecule has 0 amide bonds. The molecule has 3 nitrogen and oxygen atoms in total. The van der Waals surface area contributed by atoms with Gasteiger partial charge < -0.3 is 10.6 Å². The molecule has 2 rings (SSSR count). The van der Waals surface area contributed by atoms with Crippen LogP contribution in [0, 0.1) is 5.92 Å². The van der Waals surface area contributed by atoms with Crippen LogP contribution in [-0.2, 0) is 0 Å². The number of pyridine rings is 1. The smallest absolute Gasteiger partial charge is 0.147 e. The van der Waals surface area contributed by atoms with Gasteiger partial charge in [0.1, 0.15) is 11.6 Å². The number of nitrogens with one attached hydrogen (secondary N) is 2. The Hall–Kier alpha value is -0.670. The van der Waals surface area contributed by atoms with E-state index in [9.17, 15) is 0 Å². The van der Waals surface area contributed by atoms with Gasteiger partial charge >= 0.3 is 0 Å². The SMILES string of the molecule is CCCNc1nc(NC2CCCCC2CC)c(Cl)cc1Cl. The zero-order valence-electron chi connectivity index (χ0n) is 12.9. The van der Waals surface area contributed by atoms with Gasteiger partial charge in [-0.25, -0.2) is 4.98 Å². The summed E-state index contributed by atoms with van der Waals surface area (Å²) in [7, 11) is 0. The number of rotatable bonds is 6. The molecule has 0 radical (unpaired) electrons. The maximum Gasteiger partial charge on any atom is 0.147 e. The quantitative estimate of drug-likeness (QED) is 0.714. The summed E-state index contributed by atoms with van der Waals surface area (Å²) in [6, 6.07) is 2.24. The van der Waals surface area contributed by atoms with Crippen molar-refractivity contribution in [1.82, 2.24) is 4.98 Å². The van der Waals surface area contributed by atoms with Crippen LogP contribution in [0.1, 0.15) is 52.4 Å². The molecule has 2 unspecified atom stereocenters. The number of aromatic nitrogens is 1. The zero-order chi connectivity index (χ0) is 15.2. The van der Waals surface area contributed by atoms with Gasteiger partial charge in [0, 0.05) is 12.6 Å². The Kier molecular flexibility index (Phi) is 6.43. The standard InChI is InChI=1S/C16H25Cl2N3/c1-3-9-19-15-12(17)10-13(18)16(21-15)20-14-8-6-5-7-11(14)4-2/h10-11,14H,3-9H2,1-2H3,(H2,19,20,21). The normalized spacial score (nSPS) is 22.1. The summed E-state index contributed by atoms with van der Waals surface area (Å²) in [6.45, 7) is 5.23. The average Bonchev–Trinajstić information content (AvgIpc) is 2.49. The molecule has 1 aliphatic carbocycles.